The van der Waals surface area contributed by atoms with Crippen molar-refractivity contribution < 1.29 is 4.74 Å². The Hall–Kier alpha value is -1.98. The molecule has 0 aliphatic carbocycles. The minimum absolute atomic E-state index is 0.0447. The minimum Gasteiger partial charge on any atom is -0.484 e. The first-order valence-electron chi connectivity index (χ1n) is 6.92. The largest absolute Gasteiger partial charge is 0.484 e. The summed E-state index contributed by atoms with van der Waals surface area (Å²) in [5, 5.41) is 6.21. The van der Waals surface area contributed by atoms with Gasteiger partial charge in [-0.2, -0.15) is 0 Å². The fourth-order valence-corrected chi connectivity index (χ4v) is 3.03. The lowest BCUT2D eigenvalue weighted by atomic mass is 10.2. The number of hydrogen-bond donors (Lipinski definition) is 1. The molecule has 1 atom stereocenters. The molecule has 0 radical (unpaired) electrons. The average molecular weight is 299 g/mol. The predicted molar refractivity (Wildman–Crippen MR) is 85.8 cm³/mol. The third-order valence-corrected chi connectivity index (χ3v) is 4.26. The normalized spacial score (nSPS) is 12.4. The third-order valence-electron chi connectivity index (χ3n) is 3.30. The van der Waals surface area contributed by atoms with E-state index in [1.54, 1.807) is 23.9 Å². The molecule has 1 N–H and O–H groups in total. The average Bonchev–Trinajstić information content (AvgIpc) is 3.06. The van der Waals surface area contributed by atoms with E-state index in [-0.39, 0.29) is 6.10 Å². The Balaban J connectivity index is 1.90. The molecule has 0 saturated carbocycles. The van der Waals surface area contributed by atoms with Gasteiger partial charge < -0.3 is 10.1 Å². The molecular weight excluding hydrogens is 282 g/mol. The number of hydrogen-bond acceptors (Lipinski definition) is 5. The summed E-state index contributed by atoms with van der Waals surface area (Å²) in [4.78, 5) is 9.61. The minimum atomic E-state index is 0.0447. The lowest BCUT2D eigenvalue weighted by Crippen LogP contribution is -2.15. The van der Waals surface area contributed by atoms with E-state index in [0.717, 1.165) is 29.6 Å². The maximum atomic E-state index is 6.26. The van der Waals surface area contributed by atoms with E-state index in [2.05, 4.69) is 32.8 Å². The van der Waals surface area contributed by atoms with Crippen LogP contribution in [0.2, 0.25) is 0 Å². The first-order valence-corrected chi connectivity index (χ1v) is 7.80. The highest BCUT2D eigenvalue weighted by Gasteiger charge is 2.15. The Morgan fingerprint density at radius 3 is 3.05 bits per heavy atom. The highest BCUT2D eigenvalue weighted by molar-refractivity contribution is 7.10. The number of nitrogens with zero attached hydrogens (tertiary/aromatic N) is 2. The zero-order chi connectivity index (χ0) is 14.5. The molecule has 108 valence electrons. The standard InChI is InChI=1S/C16H17N3OS/c1-17-8-7-15(16-6-3-9-21-16)20-14-5-2-4-13-12(14)10-18-11-19-13/h2-6,9-11,15,17H,7-8H2,1H3/t15-/m0/s1. The summed E-state index contributed by atoms with van der Waals surface area (Å²) >= 11 is 1.72. The van der Waals surface area contributed by atoms with Crippen molar-refractivity contribution in [2.75, 3.05) is 13.6 Å². The molecule has 21 heavy (non-hydrogen) atoms. The second-order valence-corrected chi connectivity index (χ2v) is 5.71. The molecular formula is C16H17N3OS. The van der Waals surface area contributed by atoms with Gasteiger partial charge in [0.05, 0.1) is 10.9 Å². The van der Waals surface area contributed by atoms with Gasteiger partial charge >= 0.3 is 0 Å². The van der Waals surface area contributed by atoms with Gasteiger partial charge in [0.25, 0.3) is 0 Å². The summed E-state index contributed by atoms with van der Waals surface area (Å²) in [5.74, 6) is 0.836. The molecule has 0 bridgehead atoms. The SMILES string of the molecule is CNCC[C@H](Oc1cccc2ncncc12)c1cccs1. The summed E-state index contributed by atoms with van der Waals surface area (Å²) < 4.78 is 6.26. The van der Waals surface area contributed by atoms with Gasteiger partial charge in [-0.3, -0.25) is 0 Å². The van der Waals surface area contributed by atoms with Crippen molar-refractivity contribution >= 4 is 22.2 Å². The van der Waals surface area contributed by atoms with Crippen LogP contribution < -0.4 is 10.1 Å². The number of nitrogens with one attached hydrogen (secondary N) is 1. The number of rotatable bonds is 6. The lowest BCUT2D eigenvalue weighted by molar-refractivity contribution is 0.201. The molecule has 0 amide bonds. The van der Waals surface area contributed by atoms with Gasteiger partial charge in [-0.1, -0.05) is 12.1 Å². The summed E-state index contributed by atoms with van der Waals surface area (Å²) in [5.41, 5.74) is 0.904. The van der Waals surface area contributed by atoms with Crippen LogP contribution in [0.4, 0.5) is 0 Å². The van der Waals surface area contributed by atoms with E-state index in [1.807, 2.05) is 25.2 Å². The topological polar surface area (TPSA) is 47.0 Å². The molecule has 2 heterocycles. The quantitative estimate of drug-likeness (QED) is 0.757. The maximum Gasteiger partial charge on any atom is 0.134 e. The van der Waals surface area contributed by atoms with Crippen molar-refractivity contribution in [3.05, 3.63) is 53.1 Å². The second kappa shape index (κ2) is 6.65. The first kappa shape index (κ1) is 14.0. The fourth-order valence-electron chi connectivity index (χ4n) is 2.24. The van der Waals surface area contributed by atoms with Crippen LogP contribution in [-0.4, -0.2) is 23.6 Å². The predicted octanol–water partition coefficient (Wildman–Crippen LogP) is 3.42. The monoisotopic (exact) mass is 299 g/mol. The number of thiophene rings is 1. The lowest BCUT2D eigenvalue weighted by Gasteiger charge is -2.19. The van der Waals surface area contributed by atoms with E-state index in [4.69, 9.17) is 4.74 Å². The Bertz CT molecular complexity index is 694. The van der Waals surface area contributed by atoms with Crippen molar-refractivity contribution in [1.29, 1.82) is 0 Å². The fraction of sp³-hybridized carbons (Fsp3) is 0.250. The first-order chi connectivity index (χ1) is 10.4. The van der Waals surface area contributed by atoms with Crippen molar-refractivity contribution in [2.24, 2.45) is 0 Å². The Kier molecular flexibility index (Phi) is 4.43. The molecule has 2 aromatic heterocycles. The third kappa shape index (κ3) is 3.20. The van der Waals surface area contributed by atoms with Crippen molar-refractivity contribution in [3.63, 3.8) is 0 Å². The van der Waals surface area contributed by atoms with E-state index in [1.165, 1.54) is 4.88 Å². The van der Waals surface area contributed by atoms with Gasteiger partial charge in [0.1, 0.15) is 18.2 Å². The molecule has 3 rings (SSSR count). The van der Waals surface area contributed by atoms with E-state index in [0.29, 0.717) is 0 Å². The molecule has 0 unspecified atom stereocenters. The summed E-state index contributed by atoms with van der Waals surface area (Å²) in [6.45, 7) is 0.907. The Morgan fingerprint density at radius 1 is 1.29 bits per heavy atom. The van der Waals surface area contributed by atoms with Gasteiger partial charge in [-0.15, -0.1) is 11.3 Å². The zero-order valence-corrected chi connectivity index (χ0v) is 12.6. The molecule has 5 heteroatoms. The summed E-state index contributed by atoms with van der Waals surface area (Å²) in [7, 11) is 1.96. The van der Waals surface area contributed by atoms with E-state index in [9.17, 15) is 0 Å². The van der Waals surface area contributed by atoms with Crippen molar-refractivity contribution in [2.45, 2.75) is 12.5 Å². The van der Waals surface area contributed by atoms with Crippen LogP contribution in [0.1, 0.15) is 17.4 Å². The molecule has 4 nitrogen and oxygen atoms in total. The van der Waals surface area contributed by atoms with Gasteiger partial charge in [0.15, 0.2) is 0 Å². The van der Waals surface area contributed by atoms with Crippen LogP contribution in [0.25, 0.3) is 10.9 Å². The van der Waals surface area contributed by atoms with Crippen molar-refractivity contribution in [3.8, 4) is 5.75 Å². The highest BCUT2D eigenvalue weighted by Crippen LogP contribution is 2.31. The number of aromatic nitrogens is 2. The number of benzene rings is 1. The summed E-state index contributed by atoms with van der Waals surface area (Å²) in [6.07, 6.45) is 4.33. The zero-order valence-electron chi connectivity index (χ0n) is 11.8. The van der Waals surface area contributed by atoms with Gasteiger partial charge in [-0.05, 0) is 37.2 Å². The molecule has 0 aliphatic heterocycles. The number of fused-ring (bicyclic) bond motifs is 1. The molecule has 0 fully saturated rings. The van der Waals surface area contributed by atoms with Gasteiger partial charge in [0.2, 0.25) is 0 Å². The molecule has 3 aromatic rings. The van der Waals surface area contributed by atoms with Crippen LogP contribution in [0.3, 0.4) is 0 Å². The van der Waals surface area contributed by atoms with E-state index < -0.39 is 0 Å². The van der Waals surface area contributed by atoms with Crippen LogP contribution in [-0.2, 0) is 0 Å². The Morgan fingerprint density at radius 2 is 2.24 bits per heavy atom. The molecule has 1 aromatic carbocycles. The van der Waals surface area contributed by atoms with E-state index >= 15 is 0 Å². The van der Waals surface area contributed by atoms with Crippen LogP contribution in [0, 0.1) is 0 Å². The molecule has 0 spiro atoms. The molecule has 0 saturated heterocycles. The Labute approximate surface area is 127 Å². The molecule has 0 aliphatic rings. The van der Waals surface area contributed by atoms with Crippen LogP contribution >= 0.6 is 11.3 Å². The van der Waals surface area contributed by atoms with Gasteiger partial charge in [0, 0.05) is 17.5 Å². The van der Waals surface area contributed by atoms with Crippen LogP contribution in [0.15, 0.2) is 48.2 Å². The smallest absolute Gasteiger partial charge is 0.134 e. The summed E-state index contributed by atoms with van der Waals surface area (Å²) in [6, 6.07) is 10.1. The highest BCUT2D eigenvalue weighted by atomic mass is 32.1. The van der Waals surface area contributed by atoms with Crippen molar-refractivity contribution in [1.82, 2.24) is 15.3 Å². The number of ether oxygens (including phenoxy) is 1. The van der Waals surface area contributed by atoms with Crippen LogP contribution in [0.5, 0.6) is 5.75 Å². The second-order valence-electron chi connectivity index (χ2n) is 4.73. The maximum absolute atomic E-state index is 6.26. The van der Waals surface area contributed by atoms with Gasteiger partial charge in [-0.25, -0.2) is 9.97 Å².